The summed E-state index contributed by atoms with van der Waals surface area (Å²) in [5.74, 6) is -0.833. The molecule has 2 aromatic carbocycles. The van der Waals surface area contributed by atoms with E-state index in [2.05, 4.69) is 5.10 Å². The Hall–Kier alpha value is -3.41. The molecule has 1 aromatic heterocycles. The fourth-order valence-corrected chi connectivity index (χ4v) is 2.73. The molecule has 3 aromatic rings. The molecule has 0 aliphatic rings. The van der Waals surface area contributed by atoms with E-state index in [1.807, 2.05) is 67.6 Å². The second-order valence-corrected chi connectivity index (χ2v) is 5.96. The molecule has 27 heavy (non-hydrogen) atoms. The summed E-state index contributed by atoms with van der Waals surface area (Å²) in [7, 11) is 0. The molecule has 138 valence electrons. The van der Waals surface area contributed by atoms with Gasteiger partial charge >= 0.3 is 5.97 Å². The number of rotatable bonds is 7. The van der Waals surface area contributed by atoms with Crippen molar-refractivity contribution in [2.24, 2.45) is 0 Å². The average Bonchev–Trinajstić information content (AvgIpc) is 3.17. The van der Waals surface area contributed by atoms with Gasteiger partial charge in [-0.3, -0.25) is 9.48 Å². The summed E-state index contributed by atoms with van der Waals surface area (Å²) in [5, 5.41) is 4.18. The van der Waals surface area contributed by atoms with Crippen LogP contribution >= 0.6 is 0 Å². The number of hydrogen-bond acceptors (Lipinski definition) is 4. The summed E-state index contributed by atoms with van der Waals surface area (Å²) in [4.78, 5) is 26.2. The predicted molar refractivity (Wildman–Crippen MR) is 103 cm³/mol. The maximum Gasteiger partial charge on any atom is 0.341 e. The van der Waals surface area contributed by atoms with Crippen LogP contribution in [0.4, 0.5) is 5.69 Å². The Morgan fingerprint density at radius 3 is 2.37 bits per heavy atom. The lowest BCUT2D eigenvalue weighted by Gasteiger charge is -2.20. The lowest BCUT2D eigenvalue weighted by atomic mass is 10.2. The Morgan fingerprint density at radius 1 is 1.04 bits per heavy atom. The fraction of sp³-hybridized carbons (Fsp3) is 0.190. The molecule has 0 fully saturated rings. The number of benzene rings is 2. The normalized spacial score (nSPS) is 10.4. The van der Waals surface area contributed by atoms with Crippen molar-refractivity contribution in [2.45, 2.75) is 13.5 Å². The van der Waals surface area contributed by atoms with Crippen LogP contribution in [0.2, 0.25) is 0 Å². The fourth-order valence-electron chi connectivity index (χ4n) is 2.73. The van der Waals surface area contributed by atoms with Crippen LogP contribution in [0.25, 0.3) is 0 Å². The lowest BCUT2D eigenvalue weighted by molar-refractivity contribution is -0.121. The van der Waals surface area contributed by atoms with Gasteiger partial charge in [0, 0.05) is 18.4 Å². The third kappa shape index (κ3) is 4.82. The van der Waals surface area contributed by atoms with Gasteiger partial charge in [-0.15, -0.1) is 0 Å². The highest BCUT2D eigenvalue weighted by Gasteiger charge is 2.17. The molecule has 0 saturated carbocycles. The van der Waals surface area contributed by atoms with Gasteiger partial charge < -0.3 is 9.64 Å². The van der Waals surface area contributed by atoms with Gasteiger partial charge in [-0.1, -0.05) is 48.5 Å². The van der Waals surface area contributed by atoms with Crippen molar-refractivity contribution in [1.82, 2.24) is 9.78 Å². The molecule has 0 unspecified atom stereocenters. The first-order chi connectivity index (χ1) is 13.2. The quantitative estimate of drug-likeness (QED) is 0.605. The van der Waals surface area contributed by atoms with Crippen LogP contribution in [0, 0.1) is 0 Å². The summed E-state index contributed by atoms with van der Waals surface area (Å²) in [6.45, 7) is 2.62. The second-order valence-electron chi connectivity index (χ2n) is 5.96. The molecule has 0 saturated heterocycles. The first-order valence-corrected chi connectivity index (χ1v) is 8.76. The van der Waals surface area contributed by atoms with Crippen molar-refractivity contribution in [3.8, 4) is 0 Å². The standard InChI is InChI=1S/C21H21N3O3/c1-2-24(19-11-7-4-8-12-19)20(25)16-27-21(26)18-13-22-23(15-18)14-17-9-5-3-6-10-17/h3-13,15H,2,14,16H2,1H3. The molecule has 1 amide bonds. The topological polar surface area (TPSA) is 64.4 Å². The number of hydrogen-bond donors (Lipinski definition) is 0. The molecule has 0 aliphatic carbocycles. The summed E-state index contributed by atoms with van der Waals surface area (Å²) in [6, 6.07) is 19.1. The molecule has 0 aliphatic heterocycles. The maximum absolute atomic E-state index is 12.4. The molecule has 6 heteroatoms. The van der Waals surface area contributed by atoms with Gasteiger partial charge in [0.15, 0.2) is 6.61 Å². The Balaban J connectivity index is 1.57. The molecular weight excluding hydrogens is 342 g/mol. The van der Waals surface area contributed by atoms with Crippen molar-refractivity contribution < 1.29 is 14.3 Å². The molecular formula is C21H21N3O3. The van der Waals surface area contributed by atoms with Crippen molar-refractivity contribution in [2.75, 3.05) is 18.1 Å². The summed E-state index contributed by atoms with van der Waals surface area (Å²) in [5.41, 5.74) is 2.18. The molecule has 0 N–H and O–H groups in total. The predicted octanol–water partition coefficient (Wildman–Crippen LogP) is 3.14. The third-order valence-electron chi connectivity index (χ3n) is 4.07. The molecule has 0 atom stereocenters. The minimum Gasteiger partial charge on any atom is -0.452 e. The van der Waals surface area contributed by atoms with Crippen LogP contribution in [-0.2, 0) is 16.1 Å². The van der Waals surface area contributed by atoms with Gasteiger partial charge in [0.25, 0.3) is 5.91 Å². The average molecular weight is 363 g/mol. The van der Waals surface area contributed by atoms with Gasteiger partial charge in [0.1, 0.15) is 0 Å². The van der Waals surface area contributed by atoms with Crippen molar-refractivity contribution in [3.05, 3.63) is 84.2 Å². The molecule has 6 nitrogen and oxygen atoms in total. The Labute approximate surface area is 158 Å². The zero-order chi connectivity index (χ0) is 19.1. The highest BCUT2D eigenvalue weighted by atomic mass is 16.5. The van der Waals surface area contributed by atoms with E-state index in [-0.39, 0.29) is 12.5 Å². The smallest absolute Gasteiger partial charge is 0.341 e. The van der Waals surface area contributed by atoms with Gasteiger partial charge in [0.2, 0.25) is 0 Å². The minimum atomic E-state index is -0.563. The Kier molecular flexibility index (Phi) is 5.99. The number of likely N-dealkylation sites (N-methyl/N-ethyl adjacent to an activating group) is 1. The van der Waals surface area contributed by atoms with E-state index in [0.717, 1.165) is 11.3 Å². The zero-order valence-electron chi connectivity index (χ0n) is 15.1. The second kappa shape index (κ2) is 8.80. The van der Waals surface area contributed by atoms with Crippen molar-refractivity contribution in [1.29, 1.82) is 0 Å². The van der Waals surface area contributed by atoms with E-state index in [0.29, 0.717) is 18.7 Å². The van der Waals surface area contributed by atoms with E-state index in [9.17, 15) is 9.59 Å². The highest BCUT2D eigenvalue weighted by molar-refractivity contribution is 5.96. The summed E-state index contributed by atoms with van der Waals surface area (Å²) in [6.07, 6.45) is 3.07. The highest BCUT2D eigenvalue weighted by Crippen LogP contribution is 2.13. The number of carbonyl (C=O) groups excluding carboxylic acids is 2. The number of amides is 1. The molecule has 0 spiro atoms. The summed E-state index contributed by atoms with van der Waals surface area (Å²) >= 11 is 0. The Bertz CT molecular complexity index is 891. The van der Waals surface area contributed by atoms with Gasteiger partial charge in [0.05, 0.1) is 18.3 Å². The van der Waals surface area contributed by atoms with E-state index in [4.69, 9.17) is 4.74 Å². The van der Waals surface area contributed by atoms with Crippen LogP contribution in [0.1, 0.15) is 22.8 Å². The first-order valence-electron chi connectivity index (χ1n) is 8.76. The van der Waals surface area contributed by atoms with Crippen LogP contribution in [0.5, 0.6) is 0 Å². The van der Waals surface area contributed by atoms with Crippen molar-refractivity contribution in [3.63, 3.8) is 0 Å². The number of ether oxygens (including phenoxy) is 1. The first kappa shape index (κ1) is 18.4. The molecule has 0 bridgehead atoms. The number of anilines is 1. The minimum absolute atomic E-state index is 0.270. The number of para-hydroxylation sites is 1. The molecule has 3 rings (SSSR count). The number of carbonyl (C=O) groups is 2. The largest absolute Gasteiger partial charge is 0.452 e. The van der Waals surface area contributed by atoms with Crippen LogP contribution in [0.15, 0.2) is 73.1 Å². The van der Waals surface area contributed by atoms with Crippen molar-refractivity contribution >= 4 is 17.6 Å². The van der Waals surface area contributed by atoms with Gasteiger partial charge in [-0.2, -0.15) is 5.10 Å². The van der Waals surface area contributed by atoms with E-state index >= 15 is 0 Å². The molecule has 0 radical (unpaired) electrons. The number of aromatic nitrogens is 2. The SMILES string of the molecule is CCN(C(=O)COC(=O)c1cnn(Cc2ccccc2)c1)c1ccccc1. The van der Waals surface area contributed by atoms with Crippen LogP contribution in [-0.4, -0.2) is 34.8 Å². The van der Waals surface area contributed by atoms with Gasteiger partial charge in [-0.05, 0) is 24.6 Å². The lowest BCUT2D eigenvalue weighted by Crippen LogP contribution is -2.34. The Morgan fingerprint density at radius 2 is 1.70 bits per heavy atom. The van der Waals surface area contributed by atoms with Gasteiger partial charge in [-0.25, -0.2) is 4.79 Å². The maximum atomic E-state index is 12.4. The van der Waals surface area contributed by atoms with E-state index in [1.54, 1.807) is 15.8 Å². The zero-order valence-corrected chi connectivity index (χ0v) is 15.1. The third-order valence-corrected chi connectivity index (χ3v) is 4.07. The van der Waals surface area contributed by atoms with E-state index < -0.39 is 5.97 Å². The van der Waals surface area contributed by atoms with Crippen LogP contribution < -0.4 is 4.90 Å². The molecule has 1 heterocycles. The summed E-state index contributed by atoms with van der Waals surface area (Å²) < 4.78 is 6.84. The van der Waals surface area contributed by atoms with Crippen LogP contribution in [0.3, 0.4) is 0 Å². The monoisotopic (exact) mass is 363 g/mol. The number of esters is 1. The van der Waals surface area contributed by atoms with E-state index in [1.165, 1.54) is 6.20 Å². The number of nitrogens with zero attached hydrogens (tertiary/aromatic N) is 3.